The van der Waals surface area contributed by atoms with Crippen LogP contribution in [0, 0.1) is 0 Å². The number of anilines is 1. The van der Waals surface area contributed by atoms with Crippen molar-refractivity contribution in [2.24, 2.45) is 0 Å². The van der Waals surface area contributed by atoms with Gasteiger partial charge in [0.25, 0.3) is 5.56 Å². The highest BCUT2D eigenvalue weighted by Gasteiger charge is 2.22. The molecular weight excluding hydrogens is 446 g/mol. The lowest BCUT2D eigenvalue weighted by molar-refractivity contribution is -0.113. The van der Waals surface area contributed by atoms with Gasteiger partial charge in [0.1, 0.15) is 4.83 Å². The van der Waals surface area contributed by atoms with E-state index >= 15 is 0 Å². The van der Waals surface area contributed by atoms with Crippen molar-refractivity contribution in [2.75, 3.05) is 17.7 Å². The lowest BCUT2D eigenvalue weighted by Gasteiger charge is -2.12. The first-order chi connectivity index (χ1) is 15.5. The van der Waals surface area contributed by atoms with Crippen molar-refractivity contribution in [3.8, 4) is 0 Å². The topological polar surface area (TPSA) is 90.3 Å². The summed E-state index contributed by atoms with van der Waals surface area (Å²) in [4.78, 5) is 44.2. The van der Waals surface area contributed by atoms with Crippen LogP contribution >= 0.6 is 23.1 Å². The lowest BCUT2D eigenvalue weighted by Crippen LogP contribution is -2.24. The van der Waals surface area contributed by atoms with Gasteiger partial charge in [0, 0.05) is 17.1 Å². The molecule has 4 rings (SSSR count). The van der Waals surface area contributed by atoms with Crippen LogP contribution in [0.1, 0.15) is 47.5 Å². The molecule has 1 aliphatic carbocycles. The van der Waals surface area contributed by atoms with Crippen LogP contribution in [0.2, 0.25) is 0 Å². The average Bonchev–Trinajstić information content (AvgIpc) is 3.17. The first-order valence-corrected chi connectivity index (χ1v) is 12.6. The van der Waals surface area contributed by atoms with Gasteiger partial charge in [-0.15, -0.1) is 11.3 Å². The number of hydrogen-bond donors (Lipinski definition) is 1. The molecule has 1 aromatic carbocycles. The number of carbonyl (C=O) groups excluding carboxylic acids is 2. The van der Waals surface area contributed by atoms with Crippen molar-refractivity contribution >= 4 is 50.9 Å². The second-order valence-electron chi connectivity index (χ2n) is 7.47. The minimum absolute atomic E-state index is 0.00522. The molecule has 32 heavy (non-hydrogen) atoms. The number of aromatic nitrogens is 2. The molecule has 2 heterocycles. The minimum atomic E-state index is -0.393. The fourth-order valence-corrected chi connectivity index (χ4v) is 6.01. The number of thiophene rings is 1. The average molecular weight is 472 g/mol. The van der Waals surface area contributed by atoms with Gasteiger partial charge < -0.3 is 10.1 Å². The molecule has 7 nitrogen and oxygen atoms in total. The van der Waals surface area contributed by atoms with E-state index in [1.54, 1.807) is 47.1 Å². The zero-order valence-corrected chi connectivity index (χ0v) is 19.7. The fourth-order valence-electron chi connectivity index (χ4n) is 3.84. The van der Waals surface area contributed by atoms with E-state index in [0.29, 0.717) is 29.6 Å². The smallest absolute Gasteiger partial charge is 0.338 e. The van der Waals surface area contributed by atoms with E-state index in [9.17, 15) is 14.4 Å². The predicted octanol–water partition coefficient (Wildman–Crippen LogP) is 4.26. The summed E-state index contributed by atoms with van der Waals surface area (Å²) in [5.74, 6) is -0.473. The molecule has 2 aromatic heterocycles. The van der Waals surface area contributed by atoms with Gasteiger partial charge in [-0.2, -0.15) is 0 Å². The van der Waals surface area contributed by atoms with Crippen LogP contribution < -0.4 is 10.9 Å². The molecule has 0 spiro atoms. The monoisotopic (exact) mass is 471 g/mol. The first-order valence-electron chi connectivity index (χ1n) is 10.8. The highest BCUT2D eigenvalue weighted by molar-refractivity contribution is 7.99. The minimum Gasteiger partial charge on any atom is -0.462 e. The normalized spacial score (nSPS) is 13.1. The molecule has 1 amide bonds. The third kappa shape index (κ3) is 4.59. The molecule has 0 saturated carbocycles. The lowest BCUT2D eigenvalue weighted by atomic mass is 9.97. The molecule has 1 aliphatic rings. The highest BCUT2D eigenvalue weighted by Crippen LogP contribution is 2.34. The van der Waals surface area contributed by atoms with Crippen molar-refractivity contribution in [3.63, 3.8) is 0 Å². The van der Waals surface area contributed by atoms with Crippen molar-refractivity contribution in [2.45, 2.75) is 51.2 Å². The van der Waals surface area contributed by atoms with Gasteiger partial charge in [-0.1, -0.05) is 11.8 Å². The number of fused-ring (bicyclic) bond motifs is 3. The molecule has 9 heteroatoms. The SMILES string of the molecule is CCOC(=O)c1ccc(NC(=O)CSc2nc3sc4c(c3c(=O)n2CC)CCCC4)cc1. The Morgan fingerprint density at radius 1 is 1.19 bits per heavy atom. The van der Waals surface area contributed by atoms with E-state index in [2.05, 4.69) is 5.32 Å². The summed E-state index contributed by atoms with van der Waals surface area (Å²) >= 11 is 2.88. The maximum atomic E-state index is 13.2. The predicted molar refractivity (Wildman–Crippen MR) is 128 cm³/mol. The Hall–Kier alpha value is -2.65. The number of aryl methyl sites for hydroxylation is 2. The van der Waals surface area contributed by atoms with E-state index in [1.807, 2.05) is 6.92 Å². The highest BCUT2D eigenvalue weighted by atomic mass is 32.2. The summed E-state index contributed by atoms with van der Waals surface area (Å²) in [6.07, 6.45) is 4.23. The van der Waals surface area contributed by atoms with Gasteiger partial charge in [0.05, 0.1) is 23.3 Å². The van der Waals surface area contributed by atoms with Gasteiger partial charge in [-0.25, -0.2) is 9.78 Å². The third-order valence-electron chi connectivity index (χ3n) is 5.37. The van der Waals surface area contributed by atoms with Crippen LogP contribution in [-0.4, -0.2) is 33.8 Å². The number of benzene rings is 1. The largest absolute Gasteiger partial charge is 0.462 e. The maximum Gasteiger partial charge on any atom is 0.338 e. The van der Waals surface area contributed by atoms with Gasteiger partial charge >= 0.3 is 5.97 Å². The van der Waals surface area contributed by atoms with Crippen LogP contribution in [-0.2, 0) is 28.9 Å². The molecule has 0 fully saturated rings. The fraction of sp³-hybridized carbons (Fsp3) is 0.391. The quantitative estimate of drug-likeness (QED) is 0.315. The number of rotatable bonds is 7. The molecule has 0 unspecified atom stereocenters. The number of carbonyl (C=O) groups is 2. The van der Waals surface area contributed by atoms with E-state index in [0.717, 1.165) is 35.9 Å². The number of ether oxygens (including phenoxy) is 1. The Labute approximate surface area is 194 Å². The number of amides is 1. The van der Waals surface area contributed by atoms with Gasteiger partial charge in [-0.05, 0) is 69.4 Å². The van der Waals surface area contributed by atoms with E-state index < -0.39 is 5.97 Å². The summed E-state index contributed by atoms with van der Waals surface area (Å²) < 4.78 is 6.62. The molecular formula is C23H25N3O4S2. The standard InChI is InChI=1S/C23H25N3O4S2/c1-3-26-21(28)19-16-7-5-6-8-17(16)32-20(19)25-23(26)31-13-18(27)24-15-11-9-14(10-12-15)22(29)30-4-2/h9-12H,3-8,13H2,1-2H3,(H,24,27). The summed E-state index contributed by atoms with van der Waals surface area (Å²) in [6.45, 7) is 4.49. The summed E-state index contributed by atoms with van der Waals surface area (Å²) in [6, 6.07) is 6.56. The number of thioether (sulfide) groups is 1. The van der Waals surface area contributed by atoms with Crippen molar-refractivity contribution < 1.29 is 14.3 Å². The van der Waals surface area contributed by atoms with Gasteiger partial charge in [0.15, 0.2) is 5.16 Å². The molecule has 168 valence electrons. The molecule has 0 saturated heterocycles. The molecule has 1 N–H and O–H groups in total. The van der Waals surface area contributed by atoms with Crippen LogP contribution in [0.3, 0.4) is 0 Å². The van der Waals surface area contributed by atoms with Crippen molar-refractivity contribution in [3.05, 3.63) is 50.6 Å². The van der Waals surface area contributed by atoms with Crippen LogP contribution in [0.25, 0.3) is 10.2 Å². The molecule has 0 radical (unpaired) electrons. The van der Waals surface area contributed by atoms with Crippen molar-refractivity contribution in [1.82, 2.24) is 9.55 Å². The number of hydrogen-bond acceptors (Lipinski definition) is 7. The molecule has 3 aromatic rings. The van der Waals surface area contributed by atoms with Crippen LogP contribution in [0.5, 0.6) is 0 Å². The Balaban J connectivity index is 1.47. The summed E-state index contributed by atoms with van der Waals surface area (Å²) in [5.41, 5.74) is 2.19. The Bertz CT molecular complexity index is 1210. The second kappa shape index (κ2) is 9.87. The van der Waals surface area contributed by atoms with E-state index in [1.165, 1.54) is 22.2 Å². The number of esters is 1. The molecule has 0 aliphatic heterocycles. The molecule has 0 bridgehead atoms. The van der Waals surface area contributed by atoms with Crippen molar-refractivity contribution in [1.29, 1.82) is 0 Å². The van der Waals surface area contributed by atoms with Gasteiger partial charge in [0.2, 0.25) is 5.91 Å². The number of nitrogens with one attached hydrogen (secondary N) is 1. The zero-order valence-electron chi connectivity index (χ0n) is 18.1. The Kier molecular flexibility index (Phi) is 6.95. The van der Waals surface area contributed by atoms with Gasteiger partial charge in [-0.3, -0.25) is 14.2 Å². The summed E-state index contributed by atoms with van der Waals surface area (Å²) in [7, 11) is 0. The van der Waals surface area contributed by atoms with Crippen LogP contribution in [0.4, 0.5) is 5.69 Å². The van der Waals surface area contributed by atoms with Crippen LogP contribution in [0.15, 0.2) is 34.2 Å². The molecule has 0 atom stereocenters. The van der Waals surface area contributed by atoms with E-state index in [-0.39, 0.29) is 17.2 Å². The Morgan fingerprint density at radius 3 is 2.66 bits per heavy atom. The van der Waals surface area contributed by atoms with E-state index in [4.69, 9.17) is 9.72 Å². The number of nitrogens with zero attached hydrogens (tertiary/aromatic N) is 2. The maximum absolute atomic E-state index is 13.2. The Morgan fingerprint density at radius 2 is 1.94 bits per heavy atom. The second-order valence-corrected chi connectivity index (χ2v) is 9.50. The summed E-state index contributed by atoms with van der Waals surface area (Å²) in [5, 5.41) is 4.15. The first kappa shape index (κ1) is 22.5. The zero-order chi connectivity index (χ0) is 22.7. The third-order valence-corrected chi connectivity index (χ3v) is 7.53.